The molecule has 4 heteroatoms. The fourth-order valence-corrected chi connectivity index (χ4v) is 0.662. The first-order valence-electron chi connectivity index (χ1n) is 3.28. The van der Waals surface area contributed by atoms with Gasteiger partial charge in [0.1, 0.15) is 0 Å². The van der Waals surface area contributed by atoms with Crippen molar-refractivity contribution in [3.8, 4) is 0 Å². The highest BCUT2D eigenvalue weighted by Gasteiger charge is 2.10. The predicted octanol–water partition coefficient (Wildman–Crippen LogP) is 1.21. The topological polar surface area (TPSA) is 55.7 Å². The van der Waals surface area contributed by atoms with E-state index in [1.165, 1.54) is 7.05 Å². The second kappa shape index (κ2) is 4.35. The quantitative estimate of drug-likeness (QED) is 0.441. The Morgan fingerprint density at radius 2 is 2.10 bits per heavy atom. The summed E-state index contributed by atoms with van der Waals surface area (Å²) in [4.78, 5) is 9.96. The van der Waals surface area contributed by atoms with Gasteiger partial charge in [-0.15, -0.1) is 0 Å². The van der Waals surface area contributed by atoms with Gasteiger partial charge in [0.2, 0.25) is 0 Å². The van der Waals surface area contributed by atoms with Crippen LogP contribution in [-0.4, -0.2) is 24.7 Å². The summed E-state index contributed by atoms with van der Waals surface area (Å²) in [5.74, 6) is 0.0417. The van der Waals surface area contributed by atoms with Crippen molar-refractivity contribution in [2.45, 2.75) is 19.9 Å². The maximum Gasteiger partial charge on any atom is 0.0928 e. The van der Waals surface area contributed by atoms with Crippen molar-refractivity contribution in [1.29, 1.82) is 0 Å². The molecule has 0 aliphatic carbocycles. The fraction of sp³-hybridized carbons (Fsp3) is 1.00. The molecule has 0 heterocycles. The van der Waals surface area contributed by atoms with Crippen LogP contribution in [0.3, 0.4) is 0 Å². The first-order chi connectivity index (χ1) is 4.57. The molecule has 2 atom stereocenters. The first-order valence-corrected chi connectivity index (χ1v) is 3.28. The lowest BCUT2D eigenvalue weighted by atomic mass is 10.1. The van der Waals surface area contributed by atoms with Gasteiger partial charge in [0, 0.05) is 0 Å². The Kier molecular flexibility index (Phi) is 4.14. The van der Waals surface area contributed by atoms with Gasteiger partial charge in [-0.2, -0.15) is 4.91 Å². The molecule has 4 nitrogen and oxygen atoms in total. The van der Waals surface area contributed by atoms with Crippen molar-refractivity contribution in [3.05, 3.63) is 10.1 Å². The highest BCUT2D eigenvalue weighted by Crippen LogP contribution is 2.06. The summed E-state index contributed by atoms with van der Waals surface area (Å²) in [5, 5.41) is 14.1. The molecule has 0 aromatic carbocycles. The summed E-state index contributed by atoms with van der Waals surface area (Å²) in [6.45, 7) is 3.91. The molecule has 0 aliphatic rings. The van der Waals surface area contributed by atoms with Crippen LogP contribution in [0.15, 0.2) is 5.18 Å². The van der Waals surface area contributed by atoms with Crippen LogP contribution >= 0.6 is 0 Å². The van der Waals surface area contributed by atoms with E-state index in [-0.39, 0.29) is 12.0 Å². The van der Waals surface area contributed by atoms with Gasteiger partial charge in [-0.3, -0.25) is 0 Å². The van der Waals surface area contributed by atoms with Crippen molar-refractivity contribution in [2.24, 2.45) is 11.1 Å². The molecule has 0 saturated carbocycles. The van der Waals surface area contributed by atoms with Crippen LogP contribution in [-0.2, 0) is 0 Å². The summed E-state index contributed by atoms with van der Waals surface area (Å²) >= 11 is 0. The van der Waals surface area contributed by atoms with Crippen molar-refractivity contribution in [2.75, 3.05) is 13.6 Å². The molecule has 0 spiro atoms. The average molecular weight is 145 g/mol. The van der Waals surface area contributed by atoms with E-state index in [1.54, 1.807) is 6.92 Å². The molecule has 0 fully saturated rings. The molecule has 1 unspecified atom stereocenters. The summed E-state index contributed by atoms with van der Waals surface area (Å²) in [5.41, 5.74) is 0. The van der Waals surface area contributed by atoms with Crippen molar-refractivity contribution < 1.29 is 0 Å². The minimum absolute atomic E-state index is 0.0417. The second-order valence-corrected chi connectivity index (χ2v) is 2.63. The largest absolute Gasteiger partial charge is 0.785 e. The second-order valence-electron chi connectivity index (χ2n) is 2.63. The lowest BCUT2D eigenvalue weighted by molar-refractivity contribution is 0.341. The van der Waals surface area contributed by atoms with Crippen molar-refractivity contribution >= 4 is 0 Å². The Bertz CT molecular complexity index is 106. The number of nitrogens with zero attached hydrogens (tertiary/aromatic N) is 2. The molecule has 0 rings (SSSR count). The van der Waals surface area contributed by atoms with E-state index >= 15 is 0 Å². The highest BCUT2D eigenvalue weighted by atomic mass is 16.5. The van der Waals surface area contributed by atoms with E-state index in [4.69, 9.17) is 0 Å². The summed E-state index contributed by atoms with van der Waals surface area (Å²) < 4.78 is 0. The number of hydrogen-bond acceptors (Lipinski definition) is 4. The number of nitroso groups, excluding NO2 is 1. The molecule has 0 aromatic heterocycles. The summed E-state index contributed by atoms with van der Waals surface area (Å²) in [6.07, 6.45) is 0. The van der Waals surface area contributed by atoms with Crippen LogP contribution in [0.1, 0.15) is 13.8 Å². The van der Waals surface area contributed by atoms with Gasteiger partial charge in [-0.05, 0) is 26.4 Å². The third-order valence-electron chi connectivity index (χ3n) is 1.53. The smallest absolute Gasteiger partial charge is 0.0928 e. The van der Waals surface area contributed by atoms with Crippen LogP contribution in [0, 0.1) is 16.0 Å². The van der Waals surface area contributed by atoms with E-state index in [2.05, 4.69) is 5.18 Å². The predicted molar refractivity (Wildman–Crippen MR) is 40.4 cm³/mol. The van der Waals surface area contributed by atoms with E-state index in [0.29, 0.717) is 6.54 Å². The van der Waals surface area contributed by atoms with Crippen LogP contribution in [0.4, 0.5) is 0 Å². The molecular weight excluding hydrogens is 132 g/mol. The van der Waals surface area contributed by atoms with Crippen LogP contribution in [0.5, 0.6) is 0 Å². The minimum atomic E-state index is -0.267. The fourth-order valence-electron chi connectivity index (χ4n) is 0.662. The SMILES string of the molecule is CC(CN(C)[O-])[C@H](C)N=O. The molecule has 0 aromatic rings. The molecule has 0 bridgehead atoms. The Hall–Kier alpha value is -0.480. The van der Waals surface area contributed by atoms with Crippen LogP contribution < -0.4 is 0 Å². The van der Waals surface area contributed by atoms with Crippen LogP contribution in [0.25, 0.3) is 0 Å². The molecular formula is C6H13N2O2-. The summed E-state index contributed by atoms with van der Waals surface area (Å²) in [7, 11) is 1.44. The Labute approximate surface area is 60.8 Å². The zero-order valence-electron chi connectivity index (χ0n) is 6.57. The summed E-state index contributed by atoms with van der Waals surface area (Å²) in [6, 6.07) is -0.267. The van der Waals surface area contributed by atoms with E-state index < -0.39 is 0 Å². The third-order valence-corrected chi connectivity index (χ3v) is 1.53. The first kappa shape index (κ1) is 9.52. The molecule has 10 heavy (non-hydrogen) atoms. The van der Waals surface area contributed by atoms with Gasteiger partial charge < -0.3 is 10.3 Å². The van der Waals surface area contributed by atoms with Gasteiger partial charge in [-0.1, -0.05) is 12.1 Å². The Morgan fingerprint density at radius 1 is 1.60 bits per heavy atom. The van der Waals surface area contributed by atoms with E-state index in [1.807, 2.05) is 6.92 Å². The minimum Gasteiger partial charge on any atom is -0.785 e. The van der Waals surface area contributed by atoms with Crippen molar-refractivity contribution in [1.82, 2.24) is 5.06 Å². The normalized spacial score (nSPS) is 16.9. The van der Waals surface area contributed by atoms with Gasteiger partial charge in [0.05, 0.1) is 6.04 Å². The van der Waals surface area contributed by atoms with Gasteiger partial charge in [0.25, 0.3) is 0 Å². The maximum atomic E-state index is 10.4. The van der Waals surface area contributed by atoms with Crippen molar-refractivity contribution in [3.63, 3.8) is 0 Å². The Morgan fingerprint density at radius 3 is 2.40 bits per heavy atom. The molecule has 0 radical (unpaired) electrons. The lowest BCUT2D eigenvalue weighted by Gasteiger charge is -2.26. The number of hydrogen-bond donors (Lipinski definition) is 0. The number of rotatable bonds is 4. The molecule has 0 aliphatic heterocycles. The zero-order chi connectivity index (χ0) is 8.15. The maximum absolute atomic E-state index is 10.4. The van der Waals surface area contributed by atoms with Gasteiger partial charge >= 0.3 is 0 Å². The molecule has 0 N–H and O–H groups in total. The van der Waals surface area contributed by atoms with E-state index in [0.717, 1.165) is 5.06 Å². The number of hydroxylamine groups is 2. The monoisotopic (exact) mass is 145 g/mol. The average Bonchev–Trinajstić information content (AvgIpc) is 1.85. The van der Waals surface area contributed by atoms with Gasteiger partial charge in [0.15, 0.2) is 0 Å². The Balaban J connectivity index is 3.60. The van der Waals surface area contributed by atoms with Gasteiger partial charge in [-0.25, -0.2) is 0 Å². The highest BCUT2D eigenvalue weighted by molar-refractivity contribution is 4.69. The van der Waals surface area contributed by atoms with E-state index in [9.17, 15) is 10.1 Å². The third kappa shape index (κ3) is 3.53. The molecule has 0 saturated heterocycles. The molecule has 0 amide bonds. The van der Waals surface area contributed by atoms with Crippen LogP contribution in [0.2, 0.25) is 0 Å². The lowest BCUT2D eigenvalue weighted by Crippen LogP contribution is -2.24. The standard InChI is InChI=1S/C6H13N2O2/c1-5(4-8(3)10)6(2)7-9/h5-6H,4H2,1-3H3/q-1/t5?,6-/m0/s1. The molecule has 60 valence electrons. The zero-order valence-corrected chi connectivity index (χ0v) is 6.57.